The van der Waals surface area contributed by atoms with Crippen molar-refractivity contribution < 1.29 is 33.3 Å². The fourth-order valence-corrected chi connectivity index (χ4v) is 1.50. The molecular formula is C15H29N3O7. The van der Waals surface area contributed by atoms with Gasteiger partial charge < -0.3 is 40.1 Å². The Bertz CT molecular complexity index is 356. The van der Waals surface area contributed by atoms with Crippen molar-refractivity contribution in [3.63, 3.8) is 0 Å². The van der Waals surface area contributed by atoms with Crippen LogP contribution in [0.3, 0.4) is 0 Å². The molecule has 0 rings (SSSR count). The molecule has 10 nitrogen and oxygen atoms in total. The molecular weight excluding hydrogens is 334 g/mol. The molecule has 10 heteroatoms. The number of aldehydes is 1. The molecule has 0 aromatic carbocycles. The van der Waals surface area contributed by atoms with Crippen LogP contribution in [0.25, 0.3) is 0 Å². The first kappa shape index (κ1) is 23.4. The number of hydrogen-bond acceptors (Lipinski definition) is 8. The van der Waals surface area contributed by atoms with Crippen LogP contribution >= 0.6 is 0 Å². The number of nitrogens with one attached hydrogen (secondary N) is 2. The predicted molar refractivity (Wildman–Crippen MR) is 89.0 cm³/mol. The van der Waals surface area contributed by atoms with E-state index in [-0.39, 0.29) is 32.0 Å². The van der Waals surface area contributed by atoms with Crippen LogP contribution in [0.5, 0.6) is 0 Å². The van der Waals surface area contributed by atoms with E-state index >= 15 is 0 Å². The number of ether oxygens (including phenoxy) is 4. The van der Waals surface area contributed by atoms with E-state index in [1.807, 2.05) is 0 Å². The highest BCUT2D eigenvalue weighted by molar-refractivity contribution is 5.85. The smallest absolute Gasteiger partial charge is 0.239 e. The van der Waals surface area contributed by atoms with Crippen LogP contribution in [0.2, 0.25) is 0 Å². The molecule has 0 heterocycles. The first-order valence-corrected chi connectivity index (χ1v) is 8.18. The molecule has 0 spiro atoms. The lowest BCUT2D eigenvalue weighted by Gasteiger charge is -2.07. The first-order chi connectivity index (χ1) is 12.2. The van der Waals surface area contributed by atoms with Gasteiger partial charge in [-0.05, 0) is 0 Å². The van der Waals surface area contributed by atoms with Gasteiger partial charge in [-0.1, -0.05) is 0 Å². The summed E-state index contributed by atoms with van der Waals surface area (Å²) in [5.41, 5.74) is 5.27. The number of rotatable bonds is 18. The summed E-state index contributed by atoms with van der Waals surface area (Å²) in [6.07, 6.45) is 0.715. The van der Waals surface area contributed by atoms with E-state index in [1.54, 1.807) is 0 Å². The molecule has 0 saturated carbocycles. The fraction of sp³-hybridized carbons (Fsp3) is 0.800. The van der Waals surface area contributed by atoms with Crippen LogP contribution in [-0.2, 0) is 33.3 Å². The average molecular weight is 363 g/mol. The summed E-state index contributed by atoms with van der Waals surface area (Å²) in [5, 5.41) is 4.74. The Labute approximate surface area is 147 Å². The third-order valence-electron chi connectivity index (χ3n) is 2.68. The second kappa shape index (κ2) is 18.7. The Morgan fingerprint density at radius 2 is 1.28 bits per heavy atom. The molecule has 0 bridgehead atoms. The minimum Gasteiger partial charge on any atom is -0.379 e. The first-order valence-electron chi connectivity index (χ1n) is 8.18. The van der Waals surface area contributed by atoms with Gasteiger partial charge in [0, 0.05) is 13.0 Å². The summed E-state index contributed by atoms with van der Waals surface area (Å²) in [4.78, 5) is 32.6. The minimum atomic E-state index is -0.414. The lowest BCUT2D eigenvalue weighted by molar-refractivity contribution is -0.127. The van der Waals surface area contributed by atoms with E-state index in [4.69, 9.17) is 24.7 Å². The van der Waals surface area contributed by atoms with Crippen LogP contribution in [0.15, 0.2) is 0 Å². The Balaban J connectivity index is 3.23. The third-order valence-corrected chi connectivity index (χ3v) is 2.68. The van der Waals surface area contributed by atoms with Crippen LogP contribution in [-0.4, -0.2) is 90.6 Å². The van der Waals surface area contributed by atoms with E-state index in [0.717, 1.165) is 0 Å². The minimum absolute atomic E-state index is 0.0646. The van der Waals surface area contributed by atoms with Gasteiger partial charge in [-0.3, -0.25) is 9.59 Å². The van der Waals surface area contributed by atoms with Gasteiger partial charge in [0.15, 0.2) is 0 Å². The second-order valence-corrected chi connectivity index (χ2v) is 4.74. The van der Waals surface area contributed by atoms with E-state index in [2.05, 4.69) is 10.6 Å². The lowest BCUT2D eigenvalue weighted by atomic mass is 10.4. The van der Waals surface area contributed by atoms with Gasteiger partial charge in [0.25, 0.3) is 0 Å². The maximum atomic E-state index is 11.4. The molecule has 146 valence electrons. The molecule has 0 radical (unpaired) electrons. The number of carbonyl (C=O) groups excluding carboxylic acids is 3. The van der Waals surface area contributed by atoms with E-state index in [1.165, 1.54) is 0 Å². The molecule has 2 amide bonds. The van der Waals surface area contributed by atoms with Gasteiger partial charge in [0.1, 0.15) is 6.29 Å². The largest absolute Gasteiger partial charge is 0.379 e. The summed E-state index contributed by atoms with van der Waals surface area (Å²) in [5.74, 6) is -0.713. The molecule has 0 aromatic heterocycles. The second-order valence-electron chi connectivity index (χ2n) is 4.74. The standard InChI is InChI=1S/C15H29N3O7/c16-2-6-23-8-10-25-12-11-24-9-7-22-5-1-14(20)18-13-15(21)17-3-4-19/h4H,1-3,5-13,16H2,(H,17,21)(H,18,20). The average Bonchev–Trinajstić information content (AvgIpc) is 2.62. The number of nitrogens with two attached hydrogens (primary N) is 1. The van der Waals surface area contributed by atoms with Crippen molar-refractivity contribution in [2.75, 3.05) is 72.5 Å². The molecule has 25 heavy (non-hydrogen) atoms. The van der Waals surface area contributed by atoms with Crippen molar-refractivity contribution in [2.45, 2.75) is 6.42 Å². The highest BCUT2D eigenvalue weighted by Gasteiger charge is 2.04. The Hall–Kier alpha value is -1.59. The SMILES string of the molecule is NCCOCCOCCOCCOCCC(=O)NCC(=O)NCC=O. The highest BCUT2D eigenvalue weighted by atomic mass is 16.6. The van der Waals surface area contributed by atoms with Gasteiger partial charge in [0.05, 0.1) is 65.9 Å². The molecule has 0 saturated heterocycles. The Morgan fingerprint density at radius 1 is 0.760 bits per heavy atom. The van der Waals surface area contributed by atoms with Crippen molar-refractivity contribution in [2.24, 2.45) is 5.73 Å². The van der Waals surface area contributed by atoms with Crippen LogP contribution in [0, 0.1) is 0 Å². The molecule has 0 fully saturated rings. The van der Waals surface area contributed by atoms with Crippen LogP contribution in [0.4, 0.5) is 0 Å². The van der Waals surface area contributed by atoms with Gasteiger partial charge in [-0.2, -0.15) is 0 Å². The molecule has 0 unspecified atom stereocenters. The van der Waals surface area contributed by atoms with E-state index in [9.17, 15) is 14.4 Å². The number of amides is 2. The molecule has 0 aliphatic rings. The van der Waals surface area contributed by atoms with Gasteiger partial charge in [-0.25, -0.2) is 0 Å². The van der Waals surface area contributed by atoms with Crippen LogP contribution in [0.1, 0.15) is 6.42 Å². The summed E-state index contributed by atoms with van der Waals surface area (Å²) in [6, 6.07) is 0. The predicted octanol–water partition coefficient (Wildman–Crippen LogP) is -2.17. The summed E-state index contributed by atoms with van der Waals surface area (Å²) in [6.45, 7) is 3.76. The summed E-state index contributed by atoms with van der Waals surface area (Å²) < 4.78 is 21.0. The monoisotopic (exact) mass is 363 g/mol. The molecule has 4 N–H and O–H groups in total. The fourth-order valence-electron chi connectivity index (χ4n) is 1.50. The van der Waals surface area contributed by atoms with Gasteiger partial charge >= 0.3 is 0 Å². The van der Waals surface area contributed by atoms with E-state index in [0.29, 0.717) is 59.1 Å². The summed E-state index contributed by atoms with van der Waals surface area (Å²) in [7, 11) is 0. The molecule has 0 aliphatic heterocycles. The van der Waals surface area contributed by atoms with Crippen molar-refractivity contribution in [3.05, 3.63) is 0 Å². The zero-order valence-corrected chi connectivity index (χ0v) is 14.5. The third kappa shape index (κ3) is 18.6. The quantitative estimate of drug-likeness (QED) is 0.185. The van der Waals surface area contributed by atoms with Crippen LogP contribution < -0.4 is 16.4 Å². The van der Waals surface area contributed by atoms with Crippen molar-refractivity contribution >= 4 is 18.1 Å². The zero-order valence-electron chi connectivity index (χ0n) is 14.5. The maximum Gasteiger partial charge on any atom is 0.239 e. The lowest BCUT2D eigenvalue weighted by Crippen LogP contribution is -2.37. The van der Waals surface area contributed by atoms with Crippen molar-refractivity contribution in [1.29, 1.82) is 0 Å². The normalized spacial score (nSPS) is 10.4. The highest BCUT2D eigenvalue weighted by Crippen LogP contribution is 1.86. The zero-order chi connectivity index (χ0) is 18.6. The number of carbonyl (C=O) groups is 3. The molecule has 0 aromatic rings. The molecule has 0 aliphatic carbocycles. The van der Waals surface area contributed by atoms with Gasteiger partial charge in [-0.15, -0.1) is 0 Å². The van der Waals surface area contributed by atoms with Crippen molar-refractivity contribution in [1.82, 2.24) is 10.6 Å². The van der Waals surface area contributed by atoms with Gasteiger partial charge in [0.2, 0.25) is 11.8 Å². The van der Waals surface area contributed by atoms with Crippen molar-refractivity contribution in [3.8, 4) is 0 Å². The Morgan fingerprint density at radius 3 is 1.80 bits per heavy atom. The number of hydrogen-bond donors (Lipinski definition) is 3. The summed E-state index contributed by atoms with van der Waals surface area (Å²) >= 11 is 0. The topological polar surface area (TPSA) is 138 Å². The Kier molecular flexibility index (Phi) is 17.6. The molecule has 0 atom stereocenters. The maximum absolute atomic E-state index is 11.4. The van der Waals surface area contributed by atoms with E-state index < -0.39 is 5.91 Å².